The van der Waals surface area contributed by atoms with Gasteiger partial charge in [0.25, 0.3) is 0 Å². The Labute approximate surface area is 133 Å². The molecule has 0 spiro atoms. The Hall–Kier alpha value is -3.26. The number of fused-ring (bicyclic) bond motifs is 1. The van der Waals surface area contributed by atoms with E-state index in [-0.39, 0.29) is 5.97 Å². The van der Waals surface area contributed by atoms with Gasteiger partial charge in [0, 0.05) is 29.9 Å². The van der Waals surface area contributed by atoms with Crippen LogP contribution in [0.5, 0.6) is 0 Å². The van der Waals surface area contributed by atoms with Crippen LogP contribution in [0.4, 0.5) is 0 Å². The van der Waals surface area contributed by atoms with E-state index in [1.807, 2.05) is 18.2 Å². The fourth-order valence-electron chi connectivity index (χ4n) is 2.43. The molecule has 23 heavy (non-hydrogen) atoms. The highest BCUT2D eigenvalue weighted by Crippen LogP contribution is 2.19. The number of rotatable bonds is 3. The van der Waals surface area contributed by atoms with E-state index >= 15 is 0 Å². The summed E-state index contributed by atoms with van der Waals surface area (Å²) in [4.78, 5) is 20.1. The lowest BCUT2D eigenvalue weighted by atomic mass is 10.0. The molecule has 3 rings (SSSR count). The summed E-state index contributed by atoms with van der Waals surface area (Å²) in [5.74, 6) is -0.386. The van der Waals surface area contributed by atoms with Gasteiger partial charge in [-0.2, -0.15) is 5.26 Å². The van der Waals surface area contributed by atoms with Crippen molar-refractivity contribution in [3.05, 3.63) is 71.2 Å². The van der Waals surface area contributed by atoms with E-state index in [1.165, 1.54) is 7.11 Å². The molecule has 0 atom stereocenters. The van der Waals surface area contributed by atoms with Gasteiger partial charge in [-0.25, -0.2) is 4.79 Å². The van der Waals surface area contributed by atoms with Crippen LogP contribution >= 0.6 is 0 Å². The Kier molecular flexibility index (Phi) is 3.98. The molecule has 3 aromatic rings. The number of hydrogen-bond acceptors (Lipinski definition) is 5. The number of nitrogens with zero attached hydrogens (tertiary/aromatic N) is 3. The summed E-state index contributed by atoms with van der Waals surface area (Å²) in [5, 5.41) is 10.0. The number of benzene rings is 1. The normalized spacial score (nSPS) is 10.3. The molecule has 0 amide bonds. The molecule has 5 nitrogen and oxygen atoms in total. The molecule has 0 unspecified atom stereocenters. The van der Waals surface area contributed by atoms with Crippen LogP contribution in [-0.4, -0.2) is 23.0 Å². The number of ether oxygens (including phenoxy) is 1. The van der Waals surface area contributed by atoms with Crippen LogP contribution in [0.15, 0.2) is 48.8 Å². The molecule has 0 N–H and O–H groups in total. The average Bonchev–Trinajstić information content (AvgIpc) is 2.60. The largest absolute Gasteiger partial charge is 0.465 e. The van der Waals surface area contributed by atoms with Gasteiger partial charge < -0.3 is 4.74 Å². The summed E-state index contributed by atoms with van der Waals surface area (Å²) in [6.07, 6.45) is 3.77. The fourth-order valence-corrected chi connectivity index (χ4v) is 2.43. The van der Waals surface area contributed by atoms with Crippen molar-refractivity contribution in [2.24, 2.45) is 0 Å². The topological polar surface area (TPSA) is 75.9 Å². The van der Waals surface area contributed by atoms with Crippen LogP contribution in [0, 0.1) is 11.3 Å². The van der Waals surface area contributed by atoms with Gasteiger partial charge >= 0.3 is 5.97 Å². The highest BCUT2D eigenvalue weighted by atomic mass is 16.5. The van der Waals surface area contributed by atoms with Crippen LogP contribution < -0.4 is 0 Å². The molecule has 0 radical (unpaired) electrons. The lowest BCUT2D eigenvalue weighted by molar-refractivity contribution is 0.0600. The van der Waals surface area contributed by atoms with Crippen molar-refractivity contribution < 1.29 is 9.53 Å². The number of carbonyl (C=O) groups is 1. The monoisotopic (exact) mass is 303 g/mol. The van der Waals surface area contributed by atoms with Crippen molar-refractivity contribution in [2.75, 3.05) is 7.11 Å². The molecule has 5 heteroatoms. The van der Waals surface area contributed by atoms with E-state index in [4.69, 9.17) is 4.74 Å². The highest BCUT2D eigenvalue weighted by molar-refractivity contribution is 5.89. The summed E-state index contributed by atoms with van der Waals surface area (Å²) in [6, 6.07) is 13.0. The molecule has 0 saturated heterocycles. The van der Waals surface area contributed by atoms with E-state index in [9.17, 15) is 10.1 Å². The number of carbonyl (C=O) groups excluding carboxylic acids is 1. The zero-order chi connectivity index (χ0) is 16.2. The SMILES string of the molecule is COC(=O)c1ccnc(Cc2ccc3nccc(C#N)c3c2)c1. The Morgan fingerprint density at radius 2 is 2.00 bits per heavy atom. The molecular formula is C18H13N3O2. The molecule has 0 saturated carbocycles. The minimum Gasteiger partial charge on any atom is -0.465 e. The van der Waals surface area contributed by atoms with Crippen LogP contribution in [0.25, 0.3) is 10.9 Å². The predicted molar refractivity (Wildman–Crippen MR) is 84.8 cm³/mol. The Bertz CT molecular complexity index is 929. The smallest absolute Gasteiger partial charge is 0.337 e. The zero-order valence-corrected chi connectivity index (χ0v) is 12.5. The lowest BCUT2D eigenvalue weighted by Gasteiger charge is -2.06. The predicted octanol–water partition coefficient (Wildman–Crippen LogP) is 2.88. The summed E-state index contributed by atoms with van der Waals surface area (Å²) < 4.78 is 4.72. The first kappa shape index (κ1) is 14.7. The van der Waals surface area contributed by atoms with E-state index < -0.39 is 0 Å². The van der Waals surface area contributed by atoms with E-state index in [0.29, 0.717) is 17.5 Å². The third-order valence-corrected chi connectivity index (χ3v) is 3.55. The second-order valence-electron chi connectivity index (χ2n) is 5.03. The van der Waals surface area contributed by atoms with Crippen molar-refractivity contribution in [2.45, 2.75) is 6.42 Å². The van der Waals surface area contributed by atoms with E-state index in [2.05, 4.69) is 16.0 Å². The van der Waals surface area contributed by atoms with Gasteiger partial charge in [0.05, 0.1) is 29.8 Å². The van der Waals surface area contributed by atoms with Crippen LogP contribution in [0.2, 0.25) is 0 Å². The van der Waals surface area contributed by atoms with E-state index in [1.54, 1.807) is 30.6 Å². The summed E-state index contributed by atoms with van der Waals surface area (Å²) in [7, 11) is 1.35. The Morgan fingerprint density at radius 1 is 1.17 bits per heavy atom. The number of hydrogen-bond donors (Lipinski definition) is 0. The van der Waals surface area contributed by atoms with Gasteiger partial charge in [-0.1, -0.05) is 6.07 Å². The van der Waals surface area contributed by atoms with Crippen molar-refractivity contribution in [1.82, 2.24) is 9.97 Å². The molecular weight excluding hydrogens is 290 g/mol. The van der Waals surface area contributed by atoms with Gasteiger partial charge in [0.1, 0.15) is 0 Å². The number of pyridine rings is 2. The third-order valence-electron chi connectivity index (χ3n) is 3.55. The summed E-state index contributed by atoms with van der Waals surface area (Å²) in [6.45, 7) is 0. The van der Waals surface area contributed by atoms with Crippen molar-refractivity contribution in [3.63, 3.8) is 0 Å². The number of methoxy groups -OCH3 is 1. The molecule has 112 valence electrons. The fraction of sp³-hybridized carbons (Fsp3) is 0.111. The summed E-state index contributed by atoms with van der Waals surface area (Å²) in [5.41, 5.74) is 3.60. The minimum absolute atomic E-state index is 0.386. The Morgan fingerprint density at radius 3 is 2.78 bits per heavy atom. The highest BCUT2D eigenvalue weighted by Gasteiger charge is 2.08. The van der Waals surface area contributed by atoms with Crippen molar-refractivity contribution in [3.8, 4) is 6.07 Å². The van der Waals surface area contributed by atoms with Crippen LogP contribution in [-0.2, 0) is 11.2 Å². The lowest BCUT2D eigenvalue weighted by Crippen LogP contribution is -2.03. The summed E-state index contributed by atoms with van der Waals surface area (Å²) >= 11 is 0. The zero-order valence-electron chi connectivity index (χ0n) is 12.5. The first-order chi connectivity index (χ1) is 11.2. The van der Waals surface area contributed by atoms with E-state index in [0.717, 1.165) is 22.2 Å². The standard InChI is InChI=1S/C18H13N3O2/c1-23-18(22)13-4-6-20-15(10-13)8-12-2-3-17-16(9-12)14(11-19)5-7-21-17/h2-7,9-10H,8H2,1H3. The van der Waals surface area contributed by atoms with Crippen LogP contribution in [0.3, 0.4) is 0 Å². The van der Waals surface area contributed by atoms with Gasteiger partial charge in [0.15, 0.2) is 0 Å². The quantitative estimate of drug-likeness (QED) is 0.695. The van der Waals surface area contributed by atoms with Crippen molar-refractivity contribution in [1.29, 1.82) is 5.26 Å². The maximum absolute atomic E-state index is 11.6. The second-order valence-corrected chi connectivity index (χ2v) is 5.03. The molecule has 0 fully saturated rings. The first-order valence-corrected chi connectivity index (χ1v) is 7.02. The second kappa shape index (κ2) is 6.24. The molecule has 0 aliphatic carbocycles. The maximum Gasteiger partial charge on any atom is 0.337 e. The van der Waals surface area contributed by atoms with Gasteiger partial charge in [-0.05, 0) is 35.9 Å². The molecule has 2 aromatic heterocycles. The van der Waals surface area contributed by atoms with Crippen molar-refractivity contribution >= 4 is 16.9 Å². The Balaban J connectivity index is 1.96. The van der Waals surface area contributed by atoms with Crippen LogP contribution in [0.1, 0.15) is 27.2 Å². The molecule has 0 aliphatic heterocycles. The number of esters is 1. The maximum atomic E-state index is 11.6. The number of aromatic nitrogens is 2. The molecule has 0 aliphatic rings. The minimum atomic E-state index is -0.386. The molecule has 1 aromatic carbocycles. The average molecular weight is 303 g/mol. The molecule has 0 bridgehead atoms. The number of nitriles is 1. The van der Waals surface area contributed by atoms with Gasteiger partial charge in [0.2, 0.25) is 0 Å². The first-order valence-electron chi connectivity index (χ1n) is 7.02. The third kappa shape index (κ3) is 3.01. The molecule has 2 heterocycles. The van der Waals surface area contributed by atoms with Gasteiger partial charge in [-0.15, -0.1) is 0 Å². The van der Waals surface area contributed by atoms with Gasteiger partial charge in [-0.3, -0.25) is 9.97 Å².